The third kappa shape index (κ3) is 1.95. The van der Waals surface area contributed by atoms with Crippen molar-refractivity contribution in [1.29, 1.82) is 0 Å². The Morgan fingerprint density at radius 3 is 2.92 bits per heavy atom. The number of hydrogen-bond donors (Lipinski definition) is 0. The molecule has 70 valence electrons. The van der Waals surface area contributed by atoms with Crippen LogP contribution in [0.3, 0.4) is 0 Å². The zero-order chi connectivity index (χ0) is 8.97. The van der Waals surface area contributed by atoms with Gasteiger partial charge in [-0.25, -0.2) is 0 Å². The second-order valence-electron chi connectivity index (χ2n) is 2.91. The zero-order valence-electron chi connectivity index (χ0n) is 7.58. The van der Waals surface area contributed by atoms with Crippen LogP contribution < -0.4 is 0 Å². The molecule has 0 unspecified atom stereocenters. The topological polar surface area (TPSA) is 38.8 Å². The van der Waals surface area contributed by atoms with Crippen molar-refractivity contribution >= 4 is 5.97 Å². The van der Waals surface area contributed by atoms with Gasteiger partial charge in [0.25, 0.3) is 0 Å². The fraction of sp³-hybridized carbons (Fsp3) is 0.875. The normalized spacial score (nSPS) is 24.3. The van der Waals surface area contributed by atoms with E-state index in [2.05, 4.69) is 4.74 Å². The molecule has 1 heterocycles. The van der Waals surface area contributed by atoms with E-state index in [1.807, 2.05) is 4.90 Å². The van der Waals surface area contributed by atoms with Gasteiger partial charge in [-0.2, -0.15) is 0 Å². The minimum Gasteiger partial charge on any atom is -0.468 e. The molecule has 1 aliphatic heterocycles. The molecule has 1 rings (SSSR count). The summed E-state index contributed by atoms with van der Waals surface area (Å²) < 4.78 is 9.64. The number of nitrogens with zero attached hydrogens (tertiary/aromatic N) is 1. The summed E-state index contributed by atoms with van der Waals surface area (Å²) in [6, 6.07) is -0.0880. The van der Waals surface area contributed by atoms with Crippen molar-refractivity contribution in [2.24, 2.45) is 0 Å². The molecule has 1 atom stereocenters. The van der Waals surface area contributed by atoms with E-state index in [0.717, 1.165) is 19.4 Å². The molecule has 0 bridgehead atoms. The van der Waals surface area contributed by atoms with Crippen molar-refractivity contribution < 1.29 is 14.3 Å². The predicted molar refractivity (Wildman–Crippen MR) is 43.6 cm³/mol. The number of esters is 1. The minimum atomic E-state index is -0.149. The first-order chi connectivity index (χ1) is 5.79. The Morgan fingerprint density at radius 2 is 2.33 bits per heavy atom. The van der Waals surface area contributed by atoms with Crippen molar-refractivity contribution in [2.75, 3.05) is 27.5 Å². The third-order valence-corrected chi connectivity index (χ3v) is 2.13. The second-order valence-corrected chi connectivity index (χ2v) is 2.91. The lowest BCUT2D eigenvalue weighted by atomic mass is 10.2. The van der Waals surface area contributed by atoms with Crippen LogP contribution in [0.1, 0.15) is 12.8 Å². The van der Waals surface area contributed by atoms with Crippen LogP contribution in [0.5, 0.6) is 0 Å². The first-order valence-corrected chi connectivity index (χ1v) is 4.10. The maximum absolute atomic E-state index is 11.2. The Morgan fingerprint density at radius 1 is 1.58 bits per heavy atom. The molecule has 0 amide bonds. The Kier molecular flexibility index (Phi) is 3.49. The molecule has 0 aromatic carbocycles. The van der Waals surface area contributed by atoms with Crippen molar-refractivity contribution in [1.82, 2.24) is 4.90 Å². The van der Waals surface area contributed by atoms with Gasteiger partial charge in [-0.05, 0) is 12.8 Å². The highest BCUT2D eigenvalue weighted by Gasteiger charge is 2.30. The summed E-state index contributed by atoms with van der Waals surface area (Å²) in [5.74, 6) is -0.149. The molecule has 4 heteroatoms. The Bertz CT molecular complexity index is 160. The van der Waals surface area contributed by atoms with Crippen LogP contribution in [0.2, 0.25) is 0 Å². The van der Waals surface area contributed by atoms with Crippen molar-refractivity contribution in [2.45, 2.75) is 18.9 Å². The van der Waals surface area contributed by atoms with E-state index in [4.69, 9.17) is 4.74 Å². The molecule has 0 aromatic rings. The maximum atomic E-state index is 11.2. The molecule has 0 aromatic heterocycles. The van der Waals surface area contributed by atoms with E-state index in [9.17, 15) is 4.79 Å². The average Bonchev–Trinajstić information content (AvgIpc) is 2.52. The Labute approximate surface area is 72.4 Å². The quantitative estimate of drug-likeness (QED) is 0.573. The van der Waals surface area contributed by atoms with E-state index in [1.165, 1.54) is 7.11 Å². The van der Waals surface area contributed by atoms with Gasteiger partial charge in [0.2, 0.25) is 0 Å². The van der Waals surface area contributed by atoms with Gasteiger partial charge in [-0.1, -0.05) is 0 Å². The van der Waals surface area contributed by atoms with Gasteiger partial charge in [0, 0.05) is 13.7 Å². The summed E-state index contributed by atoms with van der Waals surface area (Å²) in [5, 5.41) is 0. The largest absolute Gasteiger partial charge is 0.468 e. The van der Waals surface area contributed by atoms with E-state index in [0.29, 0.717) is 6.73 Å². The van der Waals surface area contributed by atoms with Crippen molar-refractivity contribution in [3.63, 3.8) is 0 Å². The van der Waals surface area contributed by atoms with Crippen LogP contribution in [0.15, 0.2) is 0 Å². The zero-order valence-corrected chi connectivity index (χ0v) is 7.58. The lowest BCUT2D eigenvalue weighted by Gasteiger charge is -2.20. The molecule has 0 saturated carbocycles. The number of rotatable bonds is 3. The summed E-state index contributed by atoms with van der Waals surface area (Å²) in [4.78, 5) is 13.2. The number of likely N-dealkylation sites (tertiary alicyclic amines) is 1. The fourth-order valence-electron chi connectivity index (χ4n) is 1.55. The number of carbonyl (C=O) groups is 1. The van der Waals surface area contributed by atoms with Crippen molar-refractivity contribution in [3.05, 3.63) is 0 Å². The van der Waals surface area contributed by atoms with Gasteiger partial charge in [0.1, 0.15) is 6.04 Å². The number of ether oxygens (including phenoxy) is 2. The Hall–Kier alpha value is -0.610. The molecule has 1 aliphatic rings. The first kappa shape index (κ1) is 9.48. The summed E-state index contributed by atoms with van der Waals surface area (Å²) >= 11 is 0. The Balaban J connectivity index is 2.45. The van der Waals surface area contributed by atoms with Crippen LogP contribution in [0, 0.1) is 0 Å². The summed E-state index contributed by atoms with van der Waals surface area (Å²) in [6.45, 7) is 1.44. The minimum absolute atomic E-state index is 0.0880. The smallest absolute Gasteiger partial charge is 0.323 e. The van der Waals surface area contributed by atoms with Gasteiger partial charge in [-0.15, -0.1) is 0 Å². The van der Waals surface area contributed by atoms with Crippen molar-refractivity contribution in [3.8, 4) is 0 Å². The predicted octanol–water partition coefficient (Wildman–Crippen LogP) is 0.228. The molecule has 1 fully saturated rings. The lowest BCUT2D eigenvalue weighted by molar-refractivity contribution is -0.147. The highest BCUT2D eigenvalue weighted by atomic mass is 16.5. The molecule has 12 heavy (non-hydrogen) atoms. The molecule has 0 aliphatic carbocycles. The monoisotopic (exact) mass is 173 g/mol. The molecule has 0 radical (unpaired) electrons. The van der Waals surface area contributed by atoms with Gasteiger partial charge in [-0.3, -0.25) is 9.69 Å². The van der Waals surface area contributed by atoms with Gasteiger partial charge < -0.3 is 9.47 Å². The molecular weight excluding hydrogens is 158 g/mol. The SMILES string of the molecule is COCN1CCC[C@H]1C(=O)OC. The second kappa shape index (κ2) is 4.42. The fourth-order valence-corrected chi connectivity index (χ4v) is 1.55. The average molecular weight is 173 g/mol. The van der Waals surface area contributed by atoms with Crippen LogP contribution in [0.4, 0.5) is 0 Å². The van der Waals surface area contributed by atoms with Crippen LogP contribution >= 0.6 is 0 Å². The van der Waals surface area contributed by atoms with Gasteiger partial charge in [0.15, 0.2) is 0 Å². The van der Waals surface area contributed by atoms with Gasteiger partial charge >= 0.3 is 5.97 Å². The maximum Gasteiger partial charge on any atom is 0.323 e. The van der Waals surface area contributed by atoms with Crippen LogP contribution in [0.25, 0.3) is 0 Å². The number of hydrogen-bond acceptors (Lipinski definition) is 4. The first-order valence-electron chi connectivity index (χ1n) is 4.10. The van der Waals surface area contributed by atoms with E-state index in [1.54, 1.807) is 7.11 Å². The number of methoxy groups -OCH3 is 2. The van der Waals surface area contributed by atoms with Crippen LogP contribution in [-0.2, 0) is 14.3 Å². The molecule has 1 saturated heterocycles. The van der Waals surface area contributed by atoms with Crippen LogP contribution in [-0.4, -0.2) is 44.4 Å². The highest BCUT2D eigenvalue weighted by Crippen LogP contribution is 2.17. The molecular formula is C8H15NO3. The van der Waals surface area contributed by atoms with E-state index in [-0.39, 0.29) is 12.0 Å². The van der Waals surface area contributed by atoms with Gasteiger partial charge in [0.05, 0.1) is 13.8 Å². The van der Waals surface area contributed by atoms with E-state index < -0.39 is 0 Å². The summed E-state index contributed by atoms with van der Waals surface area (Å²) in [7, 11) is 3.05. The molecule has 4 nitrogen and oxygen atoms in total. The third-order valence-electron chi connectivity index (χ3n) is 2.13. The lowest BCUT2D eigenvalue weighted by Crippen LogP contribution is -2.37. The summed E-state index contributed by atoms with van der Waals surface area (Å²) in [6.07, 6.45) is 1.93. The molecule has 0 N–H and O–H groups in total. The standard InChI is InChI=1S/C8H15NO3/c1-11-6-9-5-3-4-7(9)8(10)12-2/h7H,3-6H2,1-2H3/t7-/m0/s1. The molecule has 0 spiro atoms. The van der Waals surface area contributed by atoms with E-state index >= 15 is 0 Å². The number of carbonyl (C=O) groups excluding carboxylic acids is 1. The highest BCUT2D eigenvalue weighted by molar-refractivity contribution is 5.75. The summed E-state index contributed by atoms with van der Waals surface area (Å²) in [5.41, 5.74) is 0.